The topological polar surface area (TPSA) is 61.4 Å². The van der Waals surface area contributed by atoms with Crippen molar-refractivity contribution in [2.24, 2.45) is 0 Å². The Morgan fingerprint density at radius 1 is 1.40 bits per heavy atom. The minimum atomic E-state index is -0.558. The fraction of sp³-hybridized carbons (Fsp3) is 0.562. The van der Waals surface area contributed by atoms with Crippen molar-refractivity contribution in [2.75, 3.05) is 5.32 Å². The lowest BCUT2D eigenvalue weighted by Gasteiger charge is -2.39. The smallest absolute Gasteiger partial charge is 0.228 e. The van der Waals surface area contributed by atoms with Gasteiger partial charge < -0.3 is 15.7 Å². The third kappa shape index (κ3) is 2.45. The van der Waals surface area contributed by atoms with E-state index in [1.165, 1.54) is 0 Å². The molecule has 1 amide bonds. The Hall–Kier alpha value is -1.39. The van der Waals surface area contributed by atoms with Gasteiger partial charge in [-0.1, -0.05) is 12.1 Å². The number of fused-ring (bicyclic) bond motifs is 1. The Labute approximate surface area is 119 Å². The number of carbonyl (C=O) groups is 1. The molecule has 0 radical (unpaired) electrons. The van der Waals surface area contributed by atoms with Crippen molar-refractivity contribution in [1.82, 2.24) is 5.32 Å². The number of anilines is 1. The average Bonchev–Trinajstić information content (AvgIpc) is 2.76. The van der Waals surface area contributed by atoms with E-state index in [-0.39, 0.29) is 17.5 Å². The minimum Gasteiger partial charge on any atom is -0.387 e. The number of aliphatic hydroxyl groups is 1. The monoisotopic (exact) mass is 274 g/mol. The maximum absolute atomic E-state index is 11.5. The maximum Gasteiger partial charge on any atom is 0.228 e. The van der Waals surface area contributed by atoms with Gasteiger partial charge in [-0.2, -0.15) is 0 Å². The van der Waals surface area contributed by atoms with Crippen LogP contribution in [0.3, 0.4) is 0 Å². The zero-order valence-electron chi connectivity index (χ0n) is 12.1. The molecule has 0 saturated carbocycles. The highest BCUT2D eigenvalue weighted by Crippen LogP contribution is 2.34. The SMILES string of the molecule is CC1(C)CCC[C@@H]([C@H](O)c2cccc3c2CC(=O)N3)N1. The molecule has 0 aromatic heterocycles. The van der Waals surface area contributed by atoms with Crippen molar-refractivity contribution in [3.63, 3.8) is 0 Å². The van der Waals surface area contributed by atoms with Crippen LogP contribution in [0.15, 0.2) is 18.2 Å². The van der Waals surface area contributed by atoms with E-state index in [4.69, 9.17) is 0 Å². The van der Waals surface area contributed by atoms with Gasteiger partial charge in [-0.15, -0.1) is 0 Å². The molecule has 1 fully saturated rings. The van der Waals surface area contributed by atoms with E-state index < -0.39 is 6.10 Å². The van der Waals surface area contributed by atoms with E-state index in [1.807, 2.05) is 18.2 Å². The van der Waals surface area contributed by atoms with Crippen molar-refractivity contribution in [1.29, 1.82) is 0 Å². The molecule has 3 N–H and O–H groups in total. The van der Waals surface area contributed by atoms with Gasteiger partial charge in [0, 0.05) is 17.3 Å². The zero-order chi connectivity index (χ0) is 14.3. The van der Waals surface area contributed by atoms with Crippen molar-refractivity contribution >= 4 is 11.6 Å². The second-order valence-electron chi connectivity index (χ2n) is 6.57. The summed E-state index contributed by atoms with van der Waals surface area (Å²) in [6.45, 7) is 4.35. The molecule has 0 unspecified atom stereocenters. The van der Waals surface area contributed by atoms with E-state index in [0.29, 0.717) is 6.42 Å². The Bertz CT molecular complexity index is 539. The molecule has 2 heterocycles. The molecule has 1 aromatic rings. The molecule has 2 aliphatic rings. The van der Waals surface area contributed by atoms with Crippen LogP contribution >= 0.6 is 0 Å². The number of amides is 1. The van der Waals surface area contributed by atoms with Gasteiger partial charge in [0.2, 0.25) is 5.91 Å². The molecular weight excluding hydrogens is 252 g/mol. The summed E-state index contributed by atoms with van der Waals surface area (Å²) in [4.78, 5) is 11.5. The van der Waals surface area contributed by atoms with Gasteiger partial charge >= 0.3 is 0 Å². The molecule has 3 rings (SSSR count). The molecule has 108 valence electrons. The summed E-state index contributed by atoms with van der Waals surface area (Å²) in [6.07, 6.45) is 3.03. The number of carbonyl (C=O) groups excluding carboxylic acids is 1. The molecule has 1 saturated heterocycles. The van der Waals surface area contributed by atoms with E-state index in [1.54, 1.807) is 0 Å². The Balaban J connectivity index is 1.86. The van der Waals surface area contributed by atoms with E-state index in [2.05, 4.69) is 24.5 Å². The molecule has 0 bridgehead atoms. The van der Waals surface area contributed by atoms with Gasteiger partial charge in [0.25, 0.3) is 0 Å². The van der Waals surface area contributed by atoms with Gasteiger partial charge in [0.15, 0.2) is 0 Å². The summed E-state index contributed by atoms with van der Waals surface area (Å²) >= 11 is 0. The van der Waals surface area contributed by atoms with Gasteiger partial charge in [0.1, 0.15) is 0 Å². The minimum absolute atomic E-state index is 0.0107. The molecule has 1 aromatic carbocycles. The van der Waals surface area contributed by atoms with Crippen molar-refractivity contribution < 1.29 is 9.90 Å². The van der Waals surface area contributed by atoms with Gasteiger partial charge in [-0.05, 0) is 50.3 Å². The Kier molecular flexibility index (Phi) is 3.30. The first-order valence-corrected chi connectivity index (χ1v) is 7.34. The molecule has 0 aliphatic carbocycles. The highest BCUT2D eigenvalue weighted by atomic mass is 16.3. The van der Waals surface area contributed by atoms with Crippen LogP contribution in [0.2, 0.25) is 0 Å². The van der Waals surface area contributed by atoms with Gasteiger partial charge in [0.05, 0.1) is 12.5 Å². The van der Waals surface area contributed by atoms with Crippen LogP contribution in [-0.4, -0.2) is 22.6 Å². The predicted octanol–water partition coefficient (Wildman–Crippen LogP) is 2.14. The summed E-state index contributed by atoms with van der Waals surface area (Å²) in [5.41, 5.74) is 2.75. The molecule has 0 spiro atoms. The summed E-state index contributed by atoms with van der Waals surface area (Å²) in [5.74, 6) is 0.0107. The fourth-order valence-electron chi connectivity index (χ4n) is 3.41. The van der Waals surface area contributed by atoms with E-state index in [9.17, 15) is 9.90 Å². The second kappa shape index (κ2) is 4.86. The van der Waals surface area contributed by atoms with Crippen molar-refractivity contribution in [3.8, 4) is 0 Å². The van der Waals surface area contributed by atoms with Crippen molar-refractivity contribution in [2.45, 2.75) is 57.2 Å². The van der Waals surface area contributed by atoms with E-state index >= 15 is 0 Å². The molecular formula is C16H22N2O2. The number of nitrogens with one attached hydrogen (secondary N) is 2. The molecule has 4 nitrogen and oxygen atoms in total. The third-order valence-corrected chi connectivity index (χ3v) is 4.42. The number of aliphatic hydroxyl groups excluding tert-OH is 1. The number of hydrogen-bond donors (Lipinski definition) is 3. The molecule has 2 aliphatic heterocycles. The Morgan fingerprint density at radius 3 is 2.95 bits per heavy atom. The standard InChI is InChI=1S/C16H22N2O2/c1-16(2)8-4-7-13(18-16)15(20)10-5-3-6-12-11(10)9-14(19)17-12/h3,5-6,13,15,18,20H,4,7-9H2,1-2H3,(H,17,19)/t13-,15+/m0/s1. The Morgan fingerprint density at radius 2 is 2.20 bits per heavy atom. The lowest BCUT2D eigenvalue weighted by atomic mass is 9.84. The molecule has 4 heteroatoms. The highest BCUT2D eigenvalue weighted by Gasteiger charge is 2.33. The van der Waals surface area contributed by atoms with Crippen LogP contribution in [-0.2, 0) is 11.2 Å². The second-order valence-corrected chi connectivity index (χ2v) is 6.57. The zero-order valence-corrected chi connectivity index (χ0v) is 12.1. The summed E-state index contributed by atoms with van der Waals surface area (Å²) in [5, 5.41) is 17.1. The van der Waals surface area contributed by atoms with Crippen LogP contribution in [0.25, 0.3) is 0 Å². The quantitative estimate of drug-likeness (QED) is 0.774. The number of rotatable bonds is 2. The highest BCUT2D eigenvalue weighted by molar-refractivity contribution is 5.99. The predicted molar refractivity (Wildman–Crippen MR) is 78.6 cm³/mol. The lowest BCUT2D eigenvalue weighted by Crippen LogP contribution is -2.51. The number of hydrogen-bond acceptors (Lipinski definition) is 3. The fourth-order valence-corrected chi connectivity index (χ4v) is 3.41. The van der Waals surface area contributed by atoms with Crippen LogP contribution in [0.4, 0.5) is 5.69 Å². The van der Waals surface area contributed by atoms with E-state index in [0.717, 1.165) is 36.1 Å². The number of benzene rings is 1. The number of piperidine rings is 1. The summed E-state index contributed by atoms with van der Waals surface area (Å²) < 4.78 is 0. The van der Waals surface area contributed by atoms with Crippen LogP contribution in [0, 0.1) is 0 Å². The van der Waals surface area contributed by atoms with Crippen molar-refractivity contribution in [3.05, 3.63) is 29.3 Å². The first kappa shape index (κ1) is 13.6. The molecule has 2 atom stereocenters. The third-order valence-electron chi connectivity index (χ3n) is 4.42. The lowest BCUT2D eigenvalue weighted by molar-refractivity contribution is -0.115. The van der Waals surface area contributed by atoms with Crippen LogP contribution in [0.5, 0.6) is 0 Å². The molecule has 20 heavy (non-hydrogen) atoms. The maximum atomic E-state index is 11.5. The average molecular weight is 274 g/mol. The van der Waals surface area contributed by atoms with Gasteiger partial charge in [-0.3, -0.25) is 4.79 Å². The normalized spacial score (nSPS) is 25.9. The van der Waals surface area contributed by atoms with Crippen LogP contribution < -0.4 is 10.6 Å². The summed E-state index contributed by atoms with van der Waals surface area (Å²) in [6, 6.07) is 5.79. The first-order valence-electron chi connectivity index (χ1n) is 7.34. The van der Waals surface area contributed by atoms with Crippen LogP contribution in [0.1, 0.15) is 50.3 Å². The summed E-state index contributed by atoms with van der Waals surface area (Å²) in [7, 11) is 0. The first-order chi connectivity index (χ1) is 9.46. The largest absolute Gasteiger partial charge is 0.387 e. The van der Waals surface area contributed by atoms with Gasteiger partial charge in [-0.25, -0.2) is 0 Å².